The second-order valence-corrected chi connectivity index (χ2v) is 9.20. The number of nitrogens with one attached hydrogen (secondary N) is 2. The van der Waals surface area contributed by atoms with Gasteiger partial charge in [0.1, 0.15) is 6.54 Å². The quantitative estimate of drug-likeness (QED) is 0.628. The van der Waals surface area contributed by atoms with Gasteiger partial charge in [-0.15, -0.1) is 0 Å². The molecule has 0 aromatic heterocycles. The van der Waals surface area contributed by atoms with E-state index in [4.69, 9.17) is 4.74 Å². The molecule has 1 fully saturated rings. The van der Waals surface area contributed by atoms with Crippen molar-refractivity contribution in [3.63, 3.8) is 0 Å². The van der Waals surface area contributed by atoms with Crippen LogP contribution in [0.2, 0.25) is 0 Å². The van der Waals surface area contributed by atoms with Gasteiger partial charge in [0.05, 0.1) is 4.90 Å². The lowest BCUT2D eigenvalue weighted by molar-refractivity contribution is -0.152. The topological polar surface area (TPSA) is 122 Å². The number of hydrogen-bond donors (Lipinski definition) is 2. The molecule has 0 aliphatic carbocycles. The molecule has 1 aliphatic rings. The summed E-state index contributed by atoms with van der Waals surface area (Å²) in [6, 6.07) is 5.49. The van der Waals surface area contributed by atoms with E-state index in [0.29, 0.717) is 30.6 Å². The summed E-state index contributed by atoms with van der Waals surface area (Å²) < 4.78 is 31.5. The number of benzene rings is 1. The Labute approximate surface area is 170 Å². The Morgan fingerprint density at radius 3 is 2.24 bits per heavy atom. The maximum atomic E-state index is 12.2. The number of piperidine rings is 1. The Kier molecular flexibility index (Phi) is 7.74. The molecule has 9 nitrogen and oxygen atoms in total. The molecule has 2 atom stereocenters. The molecule has 1 aliphatic heterocycles. The first-order chi connectivity index (χ1) is 13.6. The van der Waals surface area contributed by atoms with Crippen molar-refractivity contribution in [1.82, 2.24) is 9.62 Å². The lowest BCUT2D eigenvalue weighted by Crippen LogP contribution is -2.44. The van der Waals surface area contributed by atoms with Crippen molar-refractivity contribution in [2.75, 3.05) is 31.6 Å². The van der Waals surface area contributed by atoms with Crippen LogP contribution in [-0.4, -0.2) is 57.3 Å². The number of carbonyl (C=O) groups is 3. The first kappa shape index (κ1) is 22.8. The number of esters is 1. The van der Waals surface area contributed by atoms with Gasteiger partial charge in [-0.25, -0.2) is 8.42 Å². The third kappa shape index (κ3) is 7.13. The molecule has 1 aromatic carbocycles. The standard InChI is InChI=1S/C19H27N3O6S/c1-13-8-14(2)11-22(10-13)18(24)12-28-19(25)9-20-29(26,27)17-6-4-16(5-7-17)21-15(3)23/h4-7,13-14,20H,8-12H2,1-3H3,(H,21,23)/t13-,14+. The Bertz CT molecular complexity index is 843. The van der Waals surface area contributed by atoms with Crippen molar-refractivity contribution in [2.45, 2.75) is 32.1 Å². The molecule has 0 radical (unpaired) electrons. The molecule has 0 saturated carbocycles. The lowest BCUT2D eigenvalue weighted by Gasteiger charge is -2.34. The van der Waals surface area contributed by atoms with Gasteiger partial charge in [0.2, 0.25) is 15.9 Å². The summed E-state index contributed by atoms with van der Waals surface area (Å²) in [5.74, 6) is -0.614. The summed E-state index contributed by atoms with van der Waals surface area (Å²) in [6.45, 7) is 5.73. The molecule has 2 N–H and O–H groups in total. The van der Waals surface area contributed by atoms with Crippen molar-refractivity contribution in [3.8, 4) is 0 Å². The van der Waals surface area contributed by atoms with Gasteiger partial charge in [0.15, 0.2) is 6.61 Å². The van der Waals surface area contributed by atoms with Crippen molar-refractivity contribution in [3.05, 3.63) is 24.3 Å². The van der Waals surface area contributed by atoms with E-state index in [1.54, 1.807) is 4.90 Å². The number of hydrogen-bond acceptors (Lipinski definition) is 6. The zero-order chi connectivity index (χ0) is 21.6. The maximum Gasteiger partial charge on any atom is 0.321 e. The van der Waals surface area contributed by atoms with Gasteiger partial charge in [0.25, 0.3) is 5.91 Å². The lowest BCUT2D eigenvalue weighted by atomic mass is 9.92. The summed E-state index contributed by atoms with van der Waals surface area (Å²) in [5, 5.41) is 2.53. The smallest absolute Gasteiger partial charge is 0.321 e. The minimum absolute atomic E-state index is 0.0632. The van der Waals surface area contributed by atoms with Crippen molar-refractivity contribution >= 4 is 33.5 Å². The average molecular weight is 426 g/mol. The van der Waals surface area contributed by atoms with E-state index in [0.717, 1.165) is 6.42 Å². The van der Waals surface area contributed by atoms with Gasteiger partial charge < -0.3 is 15.0 Å². The number of anilines is 1. The van der Waals surface area contributed by atoms with Crippen LogP contribution in [0.15, 0.2) is 29.2 Å². The fourth-order valence-corrected chi connectivity index (χ4v) is 4.28. The minimum Gasteiger partial charge on any atom is -0.455 e. The molecule has 1 aromatic rings. The van der Waals surface area contributed by atoms with Crippen LogP contribution in [0.3, 0.4) is 0 Å². The van der Waals surface area contributed by atoms with E-state index in [9.17, 15) is 22.8 Å². The molecule has 2 rings (SSSR count). The highest BCUT2D eigenvalue weighted by Gasteiger charge is 2.26. The van der Waals surface area contributed by atoms with E-state index in [1.807, 2.05) is 0 Å². The van der Waals surface area contributed by atoms with Gasteiger partial charge in [-0.2, -0.15) is 4.72 Å². The Morgan fingerprint density at radius 1 is 1.10 bits per heavy atom. The Morgan fingerprint density at radius 2 is 1.69 bits per heavy atom. The van der Waals surface area contributed by atoms with Crippen LogP contribution in [0.1, 0.15) is 27.2 Å². The van der Waals surface area contributed by atoms with Crippen molar-refractivity contribution < 1.29 is 27.5 Å². The molecule has 10 heteroatoms. The number of rotatable bonds is 7. The first-order valence-corrected chi connectivity index (χ1v) is 10.9. The van der Waals surface area contributed by atoms with Crippen LogP contribution in [0.5, 0.6) is 0 Å². The highest BCUT2D eigenvalue weighted by atomic mass is 32.2. The second kappa shape index (κ2) is 9.84. The monoisotopic (exact) mass is 425 g/mol. The molecule has 2 amide bonds. The summed E-state index contributed by atoms with van der Waals surface area (Å²) in [7, 11) is -3.93. The summed E-state index contributed by atoms with van der Waals surface area (Å²) in [5.41, 5.74) is 0.454. The fraction of sp³-hybridized carbons (Fsp3) is 0.526. The molecular formula is C19H27N3O6S. The fourth-order valence-electron chi connectivity index (χ4n) is 3.31. The van der Waals surface area contributed by atoms with E-state index >= 15 is 0 Å². The predicted molar refractivity (Wildman–Crippen MR) is 106 cm³/mol. The van der Waals surface area contributed by atoms with E-state index in [-0.39, 0.29) is 16.7 Å². The third-order valence-corrected chi connectivity index (χ3v) is 5.89. The van der Waals surface area contributed by atoms with Crippen molar-refractivity contribution in [1.29, 1.82) is 0 Å². The Hall–Kier alpha value is -2.46. The van der Waals surface area contributed by atoms with Gasteiger partial charge in [-0.3, -0.25) is 14.4 Å². The van der Waals surface area contributed by atoms with Gasteiger partial charge in [0, 0.05) is 25.7 Å². The number of carbonyl (C=O) groups excluding carboxylic acids is 3. The molecular weight excluding hydrogens is 398 g/mol. The van der Waals surface area contributed by atoms with Crippen LogP contribution in [0.4, 0.5) is 5.69 Å². The summed E-state index contributed by atoms with van der Waals surface area (Å²) >= 11 is 0. The van der Waals surface area contributed by atoms with Crippen LogP contribution < -0.4 is 10.0 Å². The van der Waals surface area contributed by atoms with Crippen LogP contribution in [0, 0.1) is 11.8 Å². The maximum absolute atomic E-state index is 12.2. The molecule has 1 saturated heterocycles. The molecule has 1 heterocycles. The molecule has 0 unspecified atom stereocenters. The first-order valence-electron chi connectivity index (χ1n) is 9.37. The number of sulfonamides is 1. The minimum atomic E-state index is -3.93. The zero-order valence-electron chi connectivity index (χ0n) is 16.8. The number of amides is 2. The average Bonchev–Trinajstić information content (AvgIpc) is 2.63. The normalized spacial score (nSPS) is 19.5. The van der Waals surface area contributed by atoms with Gasteiger partial charge in [-0.1, -0.05) is 13.8 Å². The SMILES string of the molecule is CC(=O)Nc1ccc(S(=O)(=O)NCC(=O)OCC(=O)N2C[C@H](C)C[C@H](C)C2)cc1. The number of nitrogens with zero attached hydrogens (tertiary/aromatic N) is 1. The molecule has 160 valence electrons. The molecule has 0 spiro atoms. The summed E-state index contributed by atoms with van der Waals surface area (Å²) in [4.78, 5) is 36.7. The van der Waals surface area contributed by atoms with Crippen LogP contribution in [-0.2, 0) is 29.1 Å². The zero-order valence-corrected chi connectivity index (χ0v) is 17.6. The Balaban J connectivity index is 1.81. The van der Waals surface area contributed by atoms with Gasteiger partial charge in [-0.05, 0) is 42.5 Å². The molecule has 0 bridgehead atoms. The number of ether oxygens (including phenoxy) is 1. The van der Waals surface area contributed by atoms with Crippen LogP contribution >= 0.6 is 0 Å². The van der Waals surface area contributed by atoms with Crippen LogP contribution in [0.25, 0.3) is 0 Å². The molecule has 29 heavy (non-hydrogen) atoms. The third-order valence-electron chi connectivity index (χ3n) is 4.47. The van der Waals surface area contributed by atoms with Crippen molar-refractivity contribution in [2.24, 2.45) is 11.8 Å². The summed E-state index contributed by atoms with van der Waals surface area (Å²) in [6.07, 6.45) is 1.05. The highest BCUT2D eigenvalue weighted by Crippen LogP contribution is 2.20. The number of likely N-dealkylation sites (tertiary alicyclic amines) is 1. The highest BCUT2D eigenvalue weighted by molar-refractivity contribution is 7.89. The van der Waals surface area contributed by atoms with E-state index < -0.39 is 29.1 Å². The second-order valence-electron chi connectivity index (χ2n) is 7.44. The predicted octanol–water partition coefficient (Wildman–Crippen LogP) is 0.971. The largest absolute Gasteiger partial charge is 0.455 e. The van der Waals surface area contributed by atoms with E-state index in [1.165, 1.54) is 31.2 Å². The van der Waals surface area contributed by atoms with Gasteiger partial charge >= 0.3 is 5.97 Å². The van der Waals surface area contributed by atoms with E-state index in [2.05, 4.69) is 23.9 Å².